The van der Waals surface area contributed by atoms with E-state index in [9.17, 15) is 4.79 Å². The number of hydrogen-bond acceptors (Lipinski definition) is 3. The molecule has 0 unspecified atom stereocenters. The Balaban J connectivity index is 1.47. The van der Waals surface area contributed by atoms with E-state index in [2.05, 4.69) is 17.0 Å². The topological polar surface area (TPSA) is 38.8 Å². The van der Waals surface area contributed by atoms with Crippen molar-refractivity contribution in [3.05, 3.63) is 35.9 Å². The fraction of sp³-hybridized carbons (Fsp3) is 0.632. The number of carbonyl (C=O) groups is 1. The Morgan fingerprint density at radius 2 is 1.87 bits per heavy atom. The summed E-state index contributed by atoms with van der Waals surface area (Å²) in [6.45, 7) is 1.74. The van der Waals surface area contributed by atoms with Crippen molar-refractivity contribution >= 4 is 5.91 Å². The Hall–Kier alpha value is -1.39. The van der Waals surface area contributed by atoms with Gasteiger partial charge in [-0.05, 0) is 18.4 Å². The molecule has 0 bridgehead atoms. The minimum Gasteiger partial charge on any atom is -0.372 e. The van der Waals surface area contributed by atoms with Crippen LogP contribution < -0.4 is 0 Å². The van der Waals surface area contributed by atoms with Crippen molar-refractivity contribution in [1.29, 1.82) is 0 Å². The van der Waals surface area contributed by atoms with E-state index in [1.165, 1.54) is 19.3 Å². The summed E-state index contributed by atoms with van der Waals surface area (Å²) >= 11 is 0. The third-order valence-electron chi connectivity index (χ3n) is 5.69. The van der Waals surface area contributed by atoms with Gasteiger partial charge in [-0.15, -0.1) is 0 Å². The van der Waals surface area contributed by atoms with Crippen molar-refractivity contribution < 1.29 is 14.3 Å². The molecule has 124 valence electrons. The van der Waals surface area contributed by atoms with Gasteiger partial charge in [-0.3, -0.25) is 4.79 Å². The Bertz CT molecular complexity index is 567. The van der Waals surface area contributed by atoms with Gasteiger partial charge in [-0.1, -0.05) is 49.6 Å². The van der Waals surface area contributed by atoms with Gasteiger partial charge in [0.25, 0.3) is 0 Å². The quantitative estimate of drug-likeness (QED) is 0.856. The Kier molecular flexibility index (Phi) is 3.90. The molecule has 1 aromatic carbocycles. The van der Waals surface area contributed by atoms with E-state index in [4.69, 9.17) is 9.47 Å². The summed E-state index contributed by atoms with van der Waals surface area (Å²) in [7, 11) is 0. The first kappa shape index (κ1) is 15.2. The summed E-state index contributed by atoms with van der Waals surface area (Å²) in [5.41, 5.74) is 0.593. The highest BCUT2D eigenvalue weighted by atomic mass is 16.6. The first-order valence-corrected chi connectivity index (χ1v) is 8.83. The molecule has 2 heterocycles. The maximum Gasteiger partial charge on any atom is 0.225 e. The lowest BCUT2D eigenvalue weighted by Crippen LogP contribution is -2.56. The molecule has 1 aromatic rings. The lowest BCUT2D eigenvalue weighted by Gasteiger charge is -2.42. The summed E-state index contributed by atoms with van der Waals surface area (Å²) < 4.78 is 12.2. The number of hydrogen-bond donors (Lipinski definition) is 0. The summed E-state index contributed by atoms with van der Waals surface area (Å²) in [6, 6.07) is 10.2. The number of benzene rings is 1. The molecular formula is C19H25NO3. The molecule has 0 N–H and O–H groups in total. The monoisotopic (exact) mass is 315 g/mol. The summed E-state index contributed by atoms with van der Waals surface area (Å²) in [5.74, 6) is 0.257. The molecule has 3 fully saturated rings. The first-order valence-electron chi connectivity index (χ1n) is 8.83. The molecule has 0 radical (unpaired) electrons. The van der Waals surface area contributed by atoms with Gasteiger partial charge in [0.1, 0.15) is 0 Å². The van der Waals surface area contributed by atoms with Crippen molar-refractivity contribution in [3.63, 3.8) is 0 Å². The minimum atomic E-state index is -0.511. The molecule has 1 spiro atoms. The van der Waals surface area contributed by atoms with Crippen LogP contribution in [0.3, 0.4) is 0 Å². The highest BCUT2D eigenvalue weighted by Gasteiger charge is 2.61. The smallest absolute Gasteiger partial charge is 0.225 e. The molecule has 4 heteroatoms. The average Bonchev–Trinajstić information content (AvgIpc) is 3.07. The molecule has 3 aliphatic rings. The van der Waals surface area contributed by atoms with Crippen LogP contribution in [0.1, 0.15) is 50.5 Å². The number of fused-ring (bicyclic) bond motifs is 2. The van der Waals surface area contributed by atoms with Crippen LogP contribution in [0.15, 0.2) is 30.3 Å². The number of ether oxygens (including phenoxy) is 2. The van der Waals surface area contributed by atoms with Crippen molar-refractivity contribution in [1.82, 2.24) is 4.90 Å². The largest absolute Gasteiger partial charge is 0.372 e. The Morgan fingerprint density at radius 3 is 2.65 bits per heavy atom. The van der Waals surface area contributed by atoms with Gasteiger partial charge in [0.2, 0.25) is 5.91 Å². The summed E-state index contributed by atoms with van der Waals surface area (Å²) in [4.78, 5) is 14.6. The van der Waals surface area contributed by atoms with Crippen molar-refractivity contribution in [2.75, 3.05) is 13.2 Å². The van der Waals surface area contributed by atoms with E-state index in [1.807, 2.05) is 18.2 Å². The molecule has 1 atom stereocenters. The second-order valence-electron chi connectivity index (χ2n) is 7.23. The fourth-order valence-electron chi connectivity index (χ4n) is 4.58. The summed E-state index contributed by atoms with van der Waals surface area (Å²) in [5, 5.41) is 0. The van der Waals surface area contributed by atoms with Gasteiger partial charge >= 0.3 is 0 Å². The molecule has 0 aromatic heterocycles. The van der Waals surface area contributed by atoms with Crippen molar-refractivity contribution in [3.8, 4) is 0 Å². The van der Waals surface area contributed by atoms with E-state index in [0.717, 1.165) is 24.8 Å². The third-order valence-corrected chi connectivity index (χ3v) is 5.69. The SMILES string of the molecule is O=C1CC[C@]2(COCc3ccccc3)OCC3(CCCCC3)N12. The number of carbonyl (C=O) groups excluding carboxylic acids is 1. The van der Waals surface area contributed by atoms with E-state index in [0.29, 0.717) is 26.2 Å². The zero-order valence-electron chi connectivity index (χ0n) is 13.6. The molecule has 1 aliphatic carbocycles. The molecule has 2 aliphatic heterocycles. The average molecular weight is 315 g/mol. The third kappa shape index (κ3) is 2.58. The van der Waals surface area contributed by atoms with Crippen LogP contribution in [-0.2, 0) is 20.9 Å². The minimum absolute atomic E-state index is 0.0536. The molecular weight excluding hydrogens is 290 g/mol. The molecule has 1 amide bonds. The molecule has 2 saturated heterocycles. The van der Waals surface area contributed by atoms with Crippen LogP contribution in [0.4, 0.5) is 0 Å². The highest BCUT2D eigenvalue weighted by Crippen LogP contribution is 2.49. The van der Waals surface area contributed by atoms with E-state index in [-0.39, 0.29) is 11.4 Å². The lowest BCUT2D eigenvalue weighted by molar-refractivity contribution is -0.153. The zero-order valence-corrected chi connectivity index (χ0v) is 13.6. The number of nitrogens with zero attached hydrogens (tertiary/aromatic N) is 1. The van der Waals surface area contributed by atoms with E-state index < -0.39 is 5.72 Å². The molecule has 4 rings (SSSR count). The first-order chi connectivity index (χ1) is 11.2. The van der Waals surface area contributed by atoms with Gasteiger partial charge in [0.05, 0.1) is 25.4 Å². The Morgan fingerprint density at radius 1 is 1.09 bits per heavy atom. The lowest BCUT2D eigenvalue weighted by atomic mass is 9.81. The standard InChI is InChI=1S/C19H25NO3/c21-17-9-12-19(15-22-13-16-7-3-1-4-8-16)20(17)18(14-23-19)10-5-2-6-11-18/h1,3-4,7-8H,2,5-6,9-15H2/t19-/m1/s1. The predicted octanol–water partition coefficient (Wildman–Crippen LogP) is 3.26. The number of rotatable bonds is 4. The fourth-order valence-corrected chi connectivity index (χ4v) is 4.58. The van der Waals surface area contributed by atoms with Crippen molar-refractivity contribution in [2.45, 2.75) is 62.8 Å². The number of amides is 1. The van der Waals surface area contributed by atoms with Crippen LogP contribution in [-0.4, -0.2) is 35.3 Å². The summed E-state index contributed by atoms with van der Waals surface area (Å²) in [6.07, 6.45) is 7.21. The highest BCUT2D eigenvalue weighted by molar-refractivity contribution is 5.81. The van der Waals surface area contributed by atoms with E-state index >= 15 is 0 Å². The second kappa shape index (κ2) is 5.91. The zero-order chi connectivity index (χ0) is 15.8. The second-order valence-corrected chi connectivity index (χ2v) is 7.23. The molecule has 4 nitrogen and oxygen atoms in total. The predicted molar refractivity (Wildman–Crippen MR) is 86.7 cm³/mol. The molecule has 23 heavy (non-hydrogen) atoms. The van der Waals surface area contributed by atoms with Crippen LogP contribution in [0, 0.1) is 0 Å². The van der Waals surface area contributed by atoms with Gasteiger partial charge in [0, 0.05) is 12.8 Å². The maximum atomic E-state index is 12.6. The van der Waals surface area contributed by atoms with Crippen LogP contribution in [0.2, 0.25) is 0 Å². The van der Waals surface area contributed by atoms with Gasteiger partial charge in [0.15, 0.2) is 5.72 Å². The van der Waals surface area contributed by atoms with E-state index in [1.54, 1.807) is 0 Å². The van der Waals surface area contributed by atoms with Gasteiger partial charge in [-0.25, -0.2) is 0 Å². The maximum absolute atomic E-state index is 12.6. The van der Waals surface area contributed by atoms with Crippen LogP contribution in [0.25, 0.3) is 0 Å². The van der Waals surface area contributed by atoms with Crippen LogP contribution >= 0.6 is 0 Å². The van der Waals surface area contributed by atoms with Crippen LogP contribution in [0.5, 0.6) is 0 Å². The van der Waals surface area contributed by atoms with Crippen molar-refractivity contribution in [2.24, 2.45) is 0 Å². The normalized spacial score (nSPS) is 29.2. The van der Waals surface area contributed by atoms with Gasteiger partial charge in [-0.2, -0.15) is 0 Å². The van der Waals surface area contributed by atoms with Gasteiger partial charge < -0.3 is 14.4 Å². The molecule has 1 saturated carbocycles. The Labute approximate surface area is 137 Å².